The smallest absolute Gasteiger partial charge is 0.408 e. The second-order valence-corrected chi connectivity index (χ2v) is 9.10. The molecule has 0 radical (unpaired) electrons. The molecule has 3 rings (SSSR count). The van der Waals surface area contributed by atoms with E-state index in [1.165, 1.54) is 4.57 Å². The van der Waals surface area contributed by atoms with Crippen LogP contribution in [0.1, 0.15) is 5.82 Å². The third-order valence-corrected chi connectivity index (χ3v) is 5.13. The fraction of sp³-hybridized carbons (Fsp3) is 0.444. The van der Waals surface area contributed by atoms with E-state index in [-0.39, 0.29) is 38.2 Å². The van der Waals surface area contributed by atoms with E-state index in [0.717, 1.165) is 6.20 Å². The number of amides is 1. The zero-order chi connectivity index (χ0) is 23.3. The van der Waals surface area contributed by atoms with Gasteiger partial charge in [-0.2, -0.15) is 0 Å². The lowest BCUT2D eigenvalue weighted by atomic mass is 10.2. The average Bonchev–Trinajstić information content (AvgIpc) is 3.11. The quantitative estimate of drug-likeness (QED) is 0.241. The van der Waals surface area contributed by atoms with Gasteiger partial charge < -0.3 is 29.6 Å². The van der Waals surface area contributed by atoms with Crippen molar-refractivity contribution in [1.29, 1.82) is 0 Å². The number of fused-ring (bicyclic) bond motifs is 1. The van der Waals surface area contributed by atoms with Crippen LogP contribution < -0.4 is 20.1 Å². The number of alkyl carbamates (subject to hydrolysis) is 1. The molecular weight excluding hydrogens is 489 g/mol. The van der Waals surface area contributed by atoms with Gasteiger partial charge in [-0.05, 0) is 17.1 Å². The highest BCUT2D eigenvalue weighted by molar-refractivity contribution is 6.68. The second kappa shape index (κ2) is 10.4. The van der Waals surface area contributed by atoms with Gasteiger partial charge in [0.1, 0.15) is 38.2 Å². The Balaban J connectivity index is 1.50. The second-order valence-electron chi connectivity index (χ2n) is 6.73. The lowest BCUT2D eigenvalue weighted by Gasteiger charge is -2.30. The molecule has 1 aromatic heterocycles. The van der Waals surface area contributed by atoms with Crippen molar-refractivity contribution in [3.05, 3.63) is 46.4 Å². The number of nitro groups is 1. The van der Waals surface area contributed by atoms with Crippen LogP contribution in [0.15, 0.2) is 30.5 Å². The molecule has 0 aliphatic carbocycles. The van der Waals surface area contributed by atoms with Crippen molar-refractivity contribution in [3.8, 4) is 11.5 Å². The summed E-state index contributed by atoms with van der Waals surface area (Å²) in [5.41, 5.74) is 0. The maximum Gasteiger partial charge on any atom is 0.408 e. The van der Waals surface area contributed by atoms with Gasteiger partial charge >= 0.3 is 11.9 Å². The number of carbonyl (C=O) groups excluding carboxylic acids is 1. The molecule has 14 heteroatoms. The molecule has 0 bridgehead atoms. The molecular formula is C18H20Cl3N5O6. The minimum absolute atomic E-state index is 0.0358. The summed E-state index contributed by atoms with van der Waals surface area (Å²) in [6, 6.07) is 7.22. The van der Waals surface area contributed by atoms with E-state index in [4.69, 9.17) is 49.0 Å². The number of aryl methyl sites for hydroxylation is 1. The summed E-state index contributed by atoms with van der Waals surface area (Å²) in [4.78, 5) is 26.5. The van der Waals surface area contributed by atoms with Gasteiger partial charge in [0.05, 0.1) is 0 Å². The number of hydrogen-bond acceptors (Lipinski definition) is 8. The SMILES string of the molecule is Cc1ncc([N+](=O)[O-])n1CCOC(=O)N[C@@H](NC[C@@H]1COc2ccccc2O1)C(Cl)(Cl)Cl. The average molecular weight is 509 g/mol. The van der Waals surface area contributed by atoms with Crippen LogP contribution in [0, 0.1) is 17.0 Å². The number of nitrogens with zero attached hydrogens (tertiary/aromatic N) is 3. The van der Waals surface area contributed by atoms with Crippen molar-refractivity contribution < 1.29 is 23.9 Å². The van der Waals surface area contributed by atoms with Crippen LogP contribution in [0.4, 0.5) is 10.6 Å². The number of carbonyl (C=O) groups is 1. The van der Waals surface area contributed by atoms with Gasteiger partial charge in [-0.3, -0.25) is 5.32 Å². The summed E-state index contributed by atoms with van der Waals surface area (Å²) in [6.07, 6.45) is -1.24. The van der Waals surface area contributed by atoms with E-state index in [1.54, 1.807) is 19.1 Å². The Morgan fingerprint density at radius 1 is 1.41 bits per heavy atom. The van der Waals surface area contributed by atoms with E-state index in [0.29, 0.717) is 17.3 Å². The number of alkyl halides is 3. The summed E-state index contributed by atoms with van der Waals surface area (Å²) in [6.45, 7) is 1.95. The highest BCUT2D eigenvalue weighted by atomic mass is 35.6. The lowest BCUT2D eigenvalue weighted by Crippen LogP contribution is -2.56. The number of halogens is 3. The van der Waals surface area contributed by atoms with Crippen LogP contribution in [-0.2, 0) is 11.3 Å². The standard InChI is InChI=1S/C18H20Cl3N5O6/c1-11-22-9-15(26(28)29)25(11)6-7-30-17(27)24-16(18(19,20)21)23-8-12-10-31-13-4-2-3-5-14(13)32-12/h2-5,9,12,16,23H,6-8,10H2,1H3,(H,24,27)/t12-,16-/m1/s1. The van der Waals surface area contributed by atoms with E-state index >= 15 is 0 Å². The third kappa shape index (κ3) is 6.28. The molecule has 1 aromatic carbocycles. The number of nitrogens with one attached hydrogen (secondary N) is 2. The van der Waals surface area contributed by atoms with Crippen LogP contribution in [0.5, 0.6) is 11.5 Å². The van der Waals surface area contributed by atoms with Crippen LogP contribution in [-0.4, -0.2) is 56.4 Å². The fourth-order valence-electron chi connectivity index (χ4n) is 2.93. The van der Waals surface area contributed by atoms with Crippen molar-refractivity contribution in [2.75, 3.05) is 19.8 Å². The highest BCUT2D eigenvalue weighted by Crippen LogP contribution is 2.32. The molecule has 0 saturated heterocycles. The van der Waals surface area contributed by atoms with Crippen molar-refractivity contribution in [3.63, 3.8) is 0 Å². The Hall–Kier alpha value is -2.47. The normalized spacial score (nSPS) is 16.3. The Kier molecular flexibility index (Phi) is 7.88. The predicted octanol–water partition coefficient (Wildman–Crippen LogP) is 2.95. The first-order valence-electron chi connectivity index (χ1n) is 9.43. The first kappa shape index (κ1) is 24.2. The van der Waals surface area contributed by atoms with Crippen molar-refractivity contribution in [1.82, 2.24) is 20.2 Å². The minimum atomic E-state index is -1.90. The maximum atomic E-state index is 12.2. The summed E-state index contributed by atoms with van der Waals surface area (Å²) in [5, 5.41) is 16.3. The van der Waals surface area contributed by atoms with Crippen LogP contribution in [0.3, 0.4) is 0 Å². The largest absolute Gasteiger partial charge is 0.486 e. The number of benzene rings is 1. The van der Waals surface area contributed by atoms with Gasteiger partial charge in [-0.25, -0.2) is 14.3 Å². The maximum absolute atomic E-state index is 12.2. The molecule has 2 atom stereocenters. The number of rotatable bonds is 8. The molecule has 11 nitrogen and oxygen atoms in total. The van der Waals surface area contributed by atoms with Gasteiger partial charge in [0, 0.05) is 13.5 Å². The number of imidazole rings is 1. The molecule has 0 saturated carbocycles. The van der Waals surface area contributed by atoms with E-state index in [2.05, 4.69) is 15.6 Å². The first-order chi connectivity index (χ1) is 15.1. The summed E-state index contributed by atoms with van der Waals surface area (Å²) in [5.74, 6) is 1.44. The molecule has 2 heterocycles. The van der Waals surface area contributed by atoms with Gasteiger partial charge in [-0.15, -0.1) is 0 Å². The Morgan fingerprint density at radius 2 is 2.12 bits per heavy atom. The van der Waals surface area contributed by atoms with E-state index in [9.17, 15) is 14.9 Å². The molecule has 1 amide bonds. The molecule has 1 aliphatic rings. The summed E-state index contributed by atoms with van der Waals surface area (Å²) >= 11 is 17.9. The molecule has 1 aliphatic heterocycles. The first-order valence-corrected chi connectivity index (χ1v) is 10.6. The topological polar surface area (TPSA) is 130 Å². The molecule has 2 aromatic rings. The monoisotopic (exact) mass is 507 g/mol. The number of hydrogen-bond donors (Lipinski definition) is 2. The zero-order valence-electron chi connectivity index (χ0n) is 16.8. The van der Waals surface area contributed by atoms with Gasteiger partial charge in [0.25, 0.3) is 0 Å². The zero-order valence-corrected chi connectivity index (χ0v) is 19.1. The molecule has 174 valence electrons. The molecule has 0 unspecified atom stereocenters. The van der Waals surface area contributed by atoms with Crippen molar-refractivity contribution >= 4 is 46.7 Å². The Morgan fingerprint density at radius 3 is 2.81 bits per heavy atom. The van der Waals surface area contributed by atoms with E-state index in [1.807, 2.05) is 12.1 Å². The minimum Gasteiger partial charge on any atom is -0.486 e. The number of para-hydroxylation sites is 2. The Labute approximate surface area is 198 Å². The van der Waals surface area contributed by atoms with Gasteiger partial charge in [0.15, 0.2) is 17.3 Å². The van der Waals surface area contributed by atoms with Gasteiger partial charge in [-0.1, -0.05) is 46.9 Å². The Bertz CT molecular complexity index is 967. The molecule has 0 spiro atoms. The number of aromatic nitrogens is 2. The fourth-order valence-corrected chi connectivity index (χ4v) is 3.32. The highest BCUT2D eigenvalue weighted by Gasteiger charge is 2.35. The van der Waals surface area contributed by atoms with Crippen LogP contribution in [0.25, 0.3) is 0 Å². The summed E-state index contributed by atoms with van der Waals surface area (Å²) < 4.78 is 15.9. The number of ether oxygens (including phenoxy) is 3. The van der Waals surface area contributed by atoms with Crippen LogP contribution >= 0.6 is 34.8 Å². The van der Waals surface area contributed by atoms with E-state index < -0.39 is 21.0 Å². The molecule has 2 N–H and O–H groups in total. The predicted molar refractivity (Wildman–Crippen MR) is 117 cm³/mol. The van der Waals surface area contributed by atoms with Crippen molar-refractivity contribution in [2.45, 2.75) is 29.5 Å². The third-order valence-electron chi connectivity index (χ3n) is 4.48. The lowest BCUT2D eigenvalue weighted by molar-refractivity contribution is -0.392. The molecule has 32 heavy (non-hydrogen) atoms. The van der Waals surface area contributed by atoms with Crippen LogP contribution in [0.2, 0.25) is 0 Å². The van der Waals surface area contributed by atoms with Crippen molar-refractivity contribution in [2.24, 2.45) is 0 Å². The van der Waals surface area contributed by atoms with Gasteiger partial charge in [0.2, 0.25) is 3.79 Å². The summed E-state index contributed by atoms with van der Waals surface area (Å²) in [7, 11) is 0. The molecule has 0 fully saturated rings.